The predicted octanol–water partition coefficient (Wildman–Crippen LogP) is 1.23. The van der Waals surface area contributed by atoms with Crippen molar-refractivity contribution in [3.63, 3.8) is 0 Å². The van der Waals surface area contributed by atoms with E-state index in [2.05, 4.69) is 29.1 Å². The van der Waals surface area contributed by atoms with Crippen molar-refractivity contribution < 1.29 is 0 Å². The summed E-state index contributed by atoms with van der Waals surface area (Å²) in [5.41, 5.74) is 7.10. The van der Waals surface area contributed by atoms with Crippen LogP contribution in [0, 0.1) is 5.92 Å². The molecule has 15 heavy (non-hydrogen) atoms. The molecule has 0 aromatic carbocycles. The molecule has 3 N–H and O–H groups in total. The van der Waals surface area contributed by atoms with Crippen molar-refractivity contribution in [1.82, 2.24) is 9.88 Å². The fraction of sp³-hybridized carbons (Fsp3) is 0.667. The Balaban J connectivity index is 1.62. The summed E-state index contributed by atoms with van der Waals surface area (Å²) >= 11 is 0. The maximum Gasteiger partial charge on any atom is 0.0159 e. The van der Waals surface area contributed by atoms with Gasteiger partial charge in [-0.3, -0.25) is 0 Å². The molecule has 0 bridgehead atoms. The third-order valence-electron chi connectivity index (χ3n) is 3.27. The highest BCUT2D eigenvalue weighted by molar-refractivity contribution is 5.03. The van der Waals surface area contributed by atoms with Gasteiger partial charge in [-0.2, -0.15) is 0 Å². The summed E-state index contributed by atoms with van der Waals surface area (Å²) in [5.74, 6) is 0.841. The maximum absolute atomic E-state index is 5.77. The number of H-pyrrole nitrogens is 1. The van der Waals surface area contributed by atoms with E-state index in [0.717, 1.165) is 18.9 Å². The van der Waals surface area contributed by atoms with Gasteiger partial charge in [-0.05, 0) is 37.9 Å². The molecule has 1 fully saturated rings. The lowest BCUT2D eigenvalue weighted by molar-refractivity contribution is 0.183. The molecular weight excluding hydrogens is 186 g/mol. The minimum atomic E-state index is 0.479. The molecule has 84 valence electrons. The van der Waals surface area contributed by atoms with Crippen molar-refractivity contribution in [2.75, 3.05) is 20.1 Å². The lowest BCUT2D eigenvalue weighted by Gasteiger charge is -2.35. The van der Waals surface area contributed by atoms with Gasteiger partial charge in [-0.15, -0.1) is 0 Å². The lowest BCUT2D eigenvalue weighted by Crippen LogP contribution is -2.42. The summed E-state index contributed by atoms with van der Waals surface area (Å²) in [6.07, 6.45) is 5.53. The first-order valence-corrected chi connectivity index (χ1v) is 5.80. The first kappa shape index (κ1) is 10.7. The molecule has 0 amide bonds. The summed E-state index contributed by atoms with van der Waals surface area (Å²) < 4.78 is 0. The van der Waals surface area contributed by atoms with E-state index in [1.54, 1.807) is 0 Å². The van der Waals surface area contributed by atoms with Crippen LogP contribution in [0.4, 0.5) is 0 Å². The minimum Gasteiger partial charge on any atom is -0.365 e. The number of nitrogens with two attached hydrogens (primary N) is 1. The Morgan fingerprint density at radius 3 is 2.93 bits per heavy atom. The smallest absolute Gasteiger partial charge is 0.0159 e. The van der Waals surface area contributed by atoms with Crippen molar-refractivity contribution in [1.29, 1.82) is 0 Å². The summed E-state index contributed by atoms with van der Waals surface area (Å²) in [5, 5.41) is 0. The van der Waals surface area contributed by atoms with E-state index in [-0.39, 0.29) is 0 Å². The molecule has 0 unspecified atom stereocenters. The molecule has 3 nitrogen and oxygen atoms in total. The first-order valence-electron chi connectivity index (χ1n) is 5.80. The normalized spacial score (nSPS) is 25.5. The van der Waals surface area contributed by atoms with E-state index in [0.29, 0.717) is 6.04 Å². The molecule has 0 radical (unpaired) electrons. The standard InChI is InChI=1S/C12H21N3/c1-15(9-10-7-11(13)8-10)6-4-12-3-2-5-14-12/h2-3,5,10-11,14H,4,6-9,13H2,1H3. The largest absolute Gasteiger partial charge is 0.365 e. The topological polar surface area (TPSA) is 45.0 Å². The van der Waals surface area contributed by atoms with Crippen LogP contribution in [-0.4, -0.2) is 36.1 Å². The van der Waals surface area contributed by atoms with Gasteiger partial charge in [0.15, 0.2) is 0 Å². The van der Waals surface area contributed by atoms with Gasteiger partial charge >= 0.3 is 0 Å². The lowest BCUT2D eigenvalue weighted by atomic mass is 9.80. The van der Waals surface area contributed by atoms with Crippen LogP contribution in [0.3, 0.4) is 0 Å². The van der Waals surface area contributed by atoms with Gasteiger partial charge in [0.05, 0.1) is 0 Å². The molecule has 2 rings (SSSR count). The van der Waals surface area contributed by atoms with Crippen LogP contribution in [0.5, 0.6) is 0 Å². The Hall–Kier alpha value is -0.800. The molecule has 1 aliphatic carbocycles. The van der Waals surface area contributed by atoms with Crippen LogP contribution < -0.4 is 5.73 Å². The van der Waals surface area contributed by atoms with E-state index in [9.17, 15) is 0 Å². The fourth-order valence-electron chi connectivity index (χ4n) is 2.30. The van der Waals surface area contributed by atoms with Gasteiger partial charge in [0.2, 0.25) is 0 Å². The molecule has 1 heterocycles. The van der Waals surface area contributed by atoms with Crippen molar-refractivity contribution >= 4 is 0 Å². The predicted molar refractivity (Wildman–Crippen MR) is 62.7 cm³/mol. The second kappa shape index (κ2) is 4.81. The number of aromatic amines is 1. The fourth-order valence-corrected chi connectivity index (χ4v) is 2.30. The monoisotopic (exact) mass is 207 g/mol. The maximum atomic E-state index is 5.77. The molecule has 0 aliphatic heterocycles. The molecule has 1 aromatic heterocycles. The van der Waals surface area contributed by atoms with Crippen LogP contribution in [0.1, 0.15) is 18.5 Å². The Morgan fingerprint density at radius 2 is 2.33 bits per heavy atom. The Morgan fingerprint density at radius 1 is 1.53 bits per heavy atom. The molecule has 0 saturated heterocycles. The molecular formula is C12H21N3. The number of hydrogen-bond acceptors (Lipinski definition) is 2. The van der Waals surface area contributed by atoms with Crippen LogP contribution in [-0.2, 0) is 6.42 Å². The molecule has 0 atom stereocenters. The van der Waals surface area contributed by atoms with E-state index >= 15 is 0 Å². The molecule has 3 heteroatoms. The zero-order valence-corrected chi connectivity index (χ0v) is 9.45. The van der Waals surface area contributed by atoms with Crippen LogP contribution in [0.25, 0.3) is 0 Å². The summed E-state index contributed by atoms with van der Waals surface area (Å²) in [7, 11) is 2.20. The Bertz CT molecular complexity index is 275. The first-order chi connectivity index (χ1) is 7.24. The number of likely N-dealkylation sites (N-methyl/N-ethyl adjacent to an activating group) is 1. The third kappa shape index (κ3) is 3.08. The van der Waals surface area contributed by atoms with Crippen LogP contribution in [0.2, 0.25) is 0 Å². The van der Waals surface area contributed by atoms with Crippen LogP contribution >= 0.6 is 0 Å². The van der Waals surface area contributed by atoms with Gasteiger partial charge in [0.1, 0.15) is 0 Å². The van der Waals surface area contributed by atoms with Crippen molar-refractivity contribution in [2.45, 2.75) is 25.3 Å². The van der Waals surface area contributed by atoms with Gasteiger partial charge in [0, 0.05) is 37.4 Å². The Kier molecular flexibility index (Phi) is 3.44. The van der Waals surface area contributed by atoms with Gasteiger partial charge in [0.25, 0.3) is 0 Å². The van der Waals surface area contributed by atoms with Gasteiger partial charge in [-0.25, -0.2) is 0 Å². The van der Waals surface area contributed by atoms with Crippen LogP contribution in [0.15, 0.2) is 18.3 Å². The number of nitrogens with zero attached hydrogens (tertiary/aromatic N) is 1. The second-order valence-electron chi connectivity index (χ2n) is 4.81. The number of rotatable bonds is 5. The van der Waals surface area contributed by atoms with Crippen molar-refractivity contribution in [3.05, 3.63) is 24.0 Å². The number of aromatic nitrogens is 1. The molecule has 1 saturated carbocycles. The van der Waals surface area contributed by atoms with Crippen molar-refractivity contribution in [3.8, 4) is 0 Å². The second-order valence-corrected chi connectivity index (χ2v) is 4.81. The van der Waals surface area contributed by atoms with Gasteiger partial charge < -0.3 is 15.6 Å². The van der Waals surface area contributed by atoms with E-state index < -0.39 is 0 Å². The number of hydrogen-bond donors (Lipinski definition) is 2. The van der Waals surface area contributed by atoms with E-state index in [4.69, 9.17) is 5.73 Å². The van der Waals surface area contributed by atoms with E-state index in [1.165, 1.54) is 25.1 Å². The highest BCUT2D eigenvalue weighted by Gasteiger charge is 2.26. The zero-order chi connectivity index (χ0) is 10.7. The molecule has 1 aromatic rings. The Labute approximate surface area is 91.7 Å². The quantitative estimate of drug-likeness (QED) is 0.762. The SMILES string of the molecule is CN(CCc1ccc[nH]1)CC1CC(N)C1. The third-order valence-corrected chi connectivity index (χ3v) is 3.27. The average molecular weight is 207 g/mol. The van der Waals surface area contributed by atoms with Gasteiger partial charge in [-0.1, -0.05) is 0 Å². The number of nitrogens with one attached hydrogen (secondary N) is 1. The van der Waals surface area contributed by atoms with Crippen molar-refractivity contribution in [2.24, 2.45) is 11.7 Å². The molecule has 1 aliphatic rings. The summed E-state index contributed by atoms with van der Waals surface area (Å²) in [6.45, 7) is 2.33. The highest BCUT2D eigenvalue weighted by Crippen LogP contribution is 2.25. The summed E-state index contributed by atoms with van der Waals surface area (Å²) in [4.78, 5) is 5.65. The van der Waals surface area contributed by atoms with E-state index in [1.807, 2.05) is 6.20 Å². The summed E-state index contributed by atoms with van der Waals surface area (Å²) in [6, 6.07) is 4.68. The minimum absolute atomic E-state index is 0.479. The molecule has 0 spiro atoms. The highest BCUT2D eigenvalue weighted by atomic mass is 15.1. The zero-order valence-electron chi connectivity index (χ0n) is 9.45. The average Bonchev–Trinajstić information content (AvgIpc) is 2.65.